The van der Waals surface area contributed by atoms with E-state index in [1.807, 2.05) is 0 Å². The Morgan fingerprint density at radius 3 is 2.61 bits per heavy atom. The zero-order chi connectivity index (χ0) is 16.7. The van der Waals surface area contributed by atoms with Crippen LogP contribution in [0, 0.1) is 0 Å². The predicted octanol–water partition coefficient (Wildman–Crippen LogP) is 3.06. The second kappa shape index (κ2) is 8.67. The molecule has 1 amide bonds. The molecule has 0 radical (unpaired) electrons. The van der Waals surface area contributed by atoms with Gasteiger partial charge in [-0.05, 0) is 23.6 Å². The second-order valence-corrected chi connectivity index (χ2v) is 5.98. The first-order chi connectivity index (χ1) is 11.1. The van der Waals surface area contributed by atoms with Gasteiger partial charge in [0.15, 0.2) is 0 Å². The number of carbonyl (C=O) groups is 2. The van der Waals surface area contributed by atoms with Crippen LogP contribution in [-0.4, -0.2) is 32.1 Å². The van der Waals surface area contributed by atoms with Gasteiger partial charge in [-0.25, -0.2) is 4.79 Å². The van der Waals surface area contributed by atoms with Crippen molar-refractivity contribution in [1.82, 2.24) is 5.32 Å². The minimum absolute atomic E-state index is 0.329. The van der Waals surface area contributed by atoms with Gasteiger partial charge in [0.2, 0.25) is 6.10 Å². The maximum absolute atomic E-state index is 12.3. The zero-order valence-electron chi connectivity index (χ0n) is 12.5. The molecule has 1 N–H and O–H groups in total. The molecule has 0 aliphatic rings. The summed E-state index contributed by atoms with van der Waals surface area (Å²) in [5.74, 6) is -0.948. The van der Waals surface area contributed by atoms with Crippen molar-refractivity contribution in [2.45, 2.75) is 6.10 Å². The summed E-state index contributed by atoms with van der Waals surface area (Å²) in [4.78, 5) is 24.9. The van der Waals surface area contributed by atoms with Gasteiger partial charge in [-0.1, -0.05) is 29.8 Å². The third-order valence-electron chi connectivity index (χ3n) is 2.96. The lowest BCUT2D eigenvalue weighted by atomic mass is 10.1. The van der Waals surface area contributed by atoms with Crippen LogP contribution in [0.5, 0.6) is 0 Å². The Balaban J connectivity index is 2.15. The van der Waals surface area contributed by atoms with E-state index in [1.165, 1.54) is 11.3 Å². The Labute approximate surface area is 143 Å². The summed E-state index contributed by atoms with van der Waals surface area (Å²) in [6.07, 6.45) is -1.04. The number of carbonyl (C=O) groups excluding carboxylic acids is 2. The van der Waals surface area contributed by atoms with E-state index in [9.17, 15) is 9.59 Å². The fourth-order valence-corrected chi connectivity index (χ4v) is 2.57. The highest BCUT2D eigenvalue weighted by atomic mass is 35.5. The Bertz CT molecular complexity index is 643. The molecule has 1 unspecified atom stereocenters. The zero-order valence-corrected chi connectivity index (χ0v) is 14.0. The molecule has 0 bridgehead atoms. The average molecular weight is 354 g/mol. The van der Waals surface area contributed by atoms with Crippen LogP contribution in [0.4, 0.5) is 0 Å². The van der Waals surface area contributed by atoms with Crippen LogP contribution < -0.4 is 5.32 Å². The molecule has 0 fully saturated rings. The number of hydrogen-bond donors (Lipinski definition) is 1. The third kappa shape index (κ3) is 5.06. The highest BCUT2D eigenvalue weighted by Crippen LogP contribution is 2.23. The lowest BCUT2D eigenvalue weighted by molar-refractivity contribution is -0.130. The molecule has 0 saturated carbocycles. The Kier molecular flexibility index (Phi) is 6.58. The molecule has 0 aliphatic heterocycles. The fraction of sp³-hybridized carbons (Fsp3) is 0.250. The fourth-order valence-electron chi connectivity index (χ4n) is 1.84. The van der Waals surface area contributed by atoms with E-state index in [2.05, 4.69) is 5.32 Å². The molecule has 1 heterocycles. The molecule has 1 aromatic heterocycles. The smallest absolute Gasteiger partial charge is 0.349 e. The Hall–Kier alpha value is -1.89. The van der Waals surface area contributed by atoms with Crippen LogP contribution in [0.1, 0.15) is 21.3 Å². The standard InChI is InChI=1S/C16H16ClNO4S/c1-21-9-8-18-15(19)14(11-4-6-12(17)7-5-11)22-16(20)13-3-2-10-23-13/h2-7,10,14H,8-9H2,1H3,(H,18,19). The van der Waals surface area contributed by atoms with Crippen LogP contribution in [0.2, 0.25) is 5.02 Å². The SMILES string of the molecule is COCCNC(=O)C(OC(=O)c1cccs1)c1ccc(Cl)cc1. The van der Waals surface area contributed by atoms with Gasteiger partial charge in [-0.15, -0.1) is 11.3 Å². The van der Waals surface area contributed by atoms with Crippen molar-refractivity contribution in [3.8, 4) is 0 Å². The molecule has 0 saturated heterocycles. The van der Waals surface area contributed by atoms with Crippen molar-refractivity contribution in [3.63, 3.8) is 0 Å². The van der Waals surface area contributed by atoms with Crippen LogP contribution in [0.15, 0.2) is 41.8 Å². The first kappa shape index (κ1) is 17.5. The molecule has 2 aromatic rings. The molecule has 1 aromatic carbocycles. The highest BCUT2D eigenvalue weighted by molar-refractivity contribution is 7.11. The normalized spacial score (nSPS) is 11.7. The van der Waals surface area contributed by atoms with Crippen LogP contribution in [-0.2, 0) is 14.3 Å². The van der Waals surface area contributed by atoms with E-state index in [4.69, 9.17) is 21.1 Å². The average Bonchev–Trinajstić information content (AvgIpc) is 3.08. The molecular weight excluding hydrogens is 338 g/mol. The lowest BCUT2D eigenvalue weighted by Crippen LogP contribution is -2.34. The van der Waals surface area contributed by atoms with Crippen molar-refractivity contribution in [3.05, 3.63) is 57.2 Å². The molecule has 2 rings (SSSR count). The van der Waals surface area contributed by atoms with Crippen LogP contribution in [0.25, 0.3) is 0 Å². The molecule has 0 spiro atoms. The predicted molar refractivity (Wildman–Crippen MR) is 88.8 cm³/mol. The number of nitrogens with one attached hydrogen (secondary N) is 1. The number of ether oxygens (including phenoxy) is 2. The number of hydrogen-bond acceptors (Lipinski definition) is 5. The van der Waals surface area contributed by atoms with Gasteiger partial charge in [0.05, 0.1) is 6.61 Å². The van der Waals surface area contributed by atoms with Gasteiger partial charge in [-0.2, -0.15) is 0 Å². The summed E-state index contributed by atoms with van der Waals surface area (Å²) >= 11 is 7.12. The quantitative estimate of drug-likeness (QED) is 0.613. The van der Waals surface area contributed by atoms with Crippen molar-refractivity contribution in [2.75, 3.05) is 20.3 Å². The van der Waals surface area contributed by atoms with Gasteiger partial charge >= 0.3 is 5.97 Å². The maximum Gasteiger partial charge on any atom is 0.349 e. The topological polar surface area (TPSA) is 64.6 Å². The number of thiophene rings is 1. The lowest BCUT2D eigenvalue weighted by Gasteiger charge is -2.17. The van der Waals surface area contributed by atoms with Crippen LogP contribution in [0.3, 0.4) is 0 Å². The van der Waals surface area contributed by atoms with Crippen molar-refractivity contribution in [1.29, 1.82) is 0 Å². The molecular formula is C16H16ClNO4S. The van der Waals surface area contributed by atoms with Gasteiger partial charge < -0.3 is 14.8 Å². The summed E-state index contributed by atoms with van der Waals surface area (Å²) in [7, 11) is 1.54. The largest absolute Gasteiger partial charge is 0.443 e. The maximum atomic E-state index is 12.3. The molecule has 5 nitrogen and oxygen atoms in total. The summed E-state index contributed by atoms with van der Waals surface area (Å²) in [5.41, 5.74) is 0.550. The Morgan fingerprint density at radius 1 is 1.26 bits per heavy atom. The first-order valence-corrected chi connectivity index (χ1v) is 8.14. The van der Waals surface area contributed by atoms with E-state index in [0.717, 1.165) is 0 Å². The highest BCUT2D eigenvalue weighted by Gasteiger charge is 2.25. The van der Waals surface area contributed by atoms with Gasteiger partial charge in [0.1, 0.15) is 4.88 Å². The summed E-state index contributed by atoms with van der Waals surface area (Å²) in [5, 5.41) is 4.99. The molecule has 7 heteroatoms. The van der Waals surface area contributed by atoms with E-state index < -0.39 is 18.0 Å². The summed E-state index contributed by atoms with van der Waals surface area (Å²) in [6.45, 7) is 0.702. The first-order valence-electron chi connectivity index (χ1n) is 6.88. The van der Waals surface area contributed by atoms with Crippen molar-refractivity contribution >= 4 is 34.8 Å². The molecule has 1 atom stereocenters. The minimum atomic E-state index is -1.04. The molecule has 0 aliphatic carbocycles. The minimum Gasteiger partial charge on any atom is -0.443 e. The number of benzene rings is 1. The van der Waals surface area contributed by atoms with Crippen molar-refractivity contribution < 1.29 is 19.1 Å². The Morgan fingerprint density at radius 2 is 2.00 bits per heavy atom. The van der Waals surface area contributed by atoms with Gasteiger partial charge in [0, 0.05) is 24.2 Å². The molecule has 122 valence electrons. The van der Waals surface area contributed by atoms with E-state index in [1.54, 1.807) is 48.9 Å². The summed E-state index contributed by atoms with van der Waals surface area (Å²) in [6, 6.07) is 10.00. The van der Waals surface area contributed by atoms with Crippen LogP contribution >= 0.6 is 22.9 Å². The molecule has 23 heavy (non-hydrogen) atoms. The number of esters is 1. The van der Waals surface area contributed by atoms with Gasteiger partial charge in [-0.3, -0.25) is 4.79 Å². The number of amides is 1. The summed E-state index contributed by atoms with van der Waals surface area (Å²) < 4.78 is 10.3. The van der Waals surface area contributed by atoms with E-state index in [-0.39, 0.29) is 0 Å². The monoisotopic (exact) mass is 353 g/mol. The van der Waals surface area contributed by atoms with Gasteiger partial charge in [0.25, 0.3) is 5.91 Å². The van der Waals surface area contributed by atoms with E-state index >= 15 is 0 Å². The van der Waals surface area contributed by atoms with E-state index in [0.29, 0.717) is 28.6 Å². The van der Waals surface area contributed by atoms with Crippen molar-refractivity contribution in [2.24, 2.45) is 0 Å². The number of rotatable bonds is 7. The number of halogens is 1. The third-order valence-corrected chi connectivity index (χ3v) is 4.07. The number of methoxy groups -OCH3 is 1. The second-order valence-electron chi connectivity index (χ2n) is 4.60.